The lowest BCUT2D eigenvalue weighted by molar-refractivity contribution is -0.142. The molecule has 2 aliphatic rings. The highest BCUT2D eigenvalue weighted by Gasteiger charge is 2.38. The Kier molecular flexibility index (Phi) is 6.33. The molecule has 0 saturated carbocycles. The number of halogens is 1. The molecule has 1 aromatic carbocycles. The molecule has 0 aliphatic carbocycles. The van der Waals surface area contributed by atoms with E-state index in [2.05, 4.69) is 10.1 Å². The van der Waals surface area contributed by atoms with Gasteiger partial charge < -0.3 is 19.1 Å². The first-order valence-corrected chi connectivity index (χ1v) is 10.5. The summed E-state index contributed by atoms with van der Waals surface area (Å²) in [4.78, 5) is 31.9. The Morgan fingerprint density at radius 3 is 2.68 bits per heavy atom. The lowest BCUT2D eigenvalue weighted by Crippen LogP contribution is -2.56. The molecule has 2 fully saturated rings. The van der Waals surface area contributed by atoms with E-state index in [-0.39, 0.29) is 36.0 Å². The SMILES string of the molecule is COCc1c(C(=O)N2CC[C@H]3C(=O)N(Cc4ccc(F)cc4)CCN3CC2)noc1C. The molecule has 8 nitrogen and oxygen atoms in total. The number of amides is 2. The maximum atomic E-state index is 13.2. The van der Waals surface area contributed by atoms with E-state index in [1.807, 2.05) is 4.90 Å². The van der Waals surface area contributed by atoms with Gasteiger partial charge in [0, 0.05) is 46.4 Å². The topological polar surface area (TPSA) is 79.1 Å². The van der Waals surface area contributed by atoms with E-state index in [0.717, 1.165) is 12.1 Å². The summed E-state index contributed by atoms with van der Waals surface area (Å²) in [5, 5.41) is 3.95. The van der Waals surface area contributed by atoms with Crippen LogP contribution >= 0.6 is 0 Å². The van der Waals surface area contributed by atoms with Crippen LogP contribution in [0.2, 0.25) is 0 Å². The summed E-state index contributed by atoms with van der Waals surface area (Å²) in [7, 11) is 1.56. The van der Waals surface area contributed by atoms with Crippen LogP contribution in [0.15, 0.2) is 28.8 Å². The van der Waals surface area contributed by atoms with Crippen molar-refractivity contribution in [1.29, 1.82) is 0 Å². The number of hydrogen-bond acceptors (Lipinski definition) is 6. The smallest absolute Gasteiger partial charge is 0.276 e. The van der Waals surface area contributed by atoms with Gasteiger partial charge in [-0.15, -0.1) is 0 Å². The van der Waals surface area contributed by atoms with Gasteiger partial charge in [0.1, 0.15) is 11.6 Å². The zero-order valence-electron chi connectivity index (χ0n) is 17.8. The standard InChI is InChI=1S/C22H27FN4O4/c1-15-18(14-30-2)20(24-31-15)22(29)26-8-7-19-21(28)27(12-10-25(19)9-11-26)13-16-3-5-17(23)6-4-16/h3-6,19H,7-14H2,1-2H3/t19-/m0/s1. The van der Waals surface area contributed by atoms with Gasteiger partial charge in [-0.25, -0.2) is 4.39 Å². The third-order valence-corrected chi connectivity index (χ3v) is 6.07. The third kappa shape index (κ3) is 4.47. The van der Waals surface area contributed by atoms with E-state index >= 15 is 0 Å². The molecule has 3 heterocycles. The molecule has 0 spiro atoms. The highest BCUT2D eigenvalue weighted by atomic mass is 19.1. The number of carbonyl (C=O) groups is 2. The second kappa shape index (κ2) is 9.15. The fourth-order valence-corrected chi connectivity index (χ4v) is 4.29. The summed E-state index contributed by atoms with van der Waals surface area (Å²) >= 11 is 0. The average Bonchev–Trinajstić information content (AvgIpc) is 2.98. The summed E-state index contributed by atoms with van der Waals surface area (Å²) in [6.45, 7) is 5.46. The number of carbonyl (C=O) groups excluding carboxylic acids is 2. The lowest BCUT2D eigenvalue weighted by atomic mass is 10.1. The summed E-state index contributed by atoms with van der Waals surface area (Å²) in [6, 6.07) is 5.98. The number of hydrogen-bond donors (Lipinski definition) is 0. The van der Waals surface area contributed by atoms with Crippen LogP contribution in [0.1, 0.15) is 33.8 Å². The minimum Gasteiger partial charge on any atom is -0.380 e. The predicted octanol–water partition coefficient (Wildman–Crippen LogP) is 1.83. The highest BCUT2D eigenvalue weighted by molar-refractivity contribution is 5.94. The van der Waals surface area contributed by atoms with Crippen molar-refractivity contribution in [3.8, 4) is 0 Å². The number of piperazine rings is 1. The summed E-state index contributed by atoms with van der Waals surface area (Å²) in [6.07, 6.45) is 0.556. The number of nitrogens with zero attached hydrogens (tertiary/aromatic N) is 4. The van der Waals surface area contributed by atoms with Crippen LogP contribution in [0.3, 0.4) is 0 Å². The van der Waals surface area contributed by atoms with Gasteiger partial charge in [0.15, 0.2) is 5.69 Å². The Morgan fingerprint density at radius 2 is 1.94 bits per heavy atom. The first-order chi connectivity index (χ1) is 15.0. The van der Waals surface area contributed by atoms with Crippen LogP contribution in [-0.4, -0.2) is 77.5 Å². The number of aryl methyl sites for hydroxylation is 1. The summed E-state index contributed by atoms with van der Waals surface area (Å²) < 4.78 is 23.6. The van der Waals surface area contributed by atoms with Gasteiger partial charge in [0.25, 0.3) is 5.91 Å². The first-order valence-electron chi connectivity index (χ1n) is 10.5. The van der Waals surface area contributed by atoms with E-state index < -0.39 is 0 Å². The number of benzene rings is 1. The van der Waals surface area contributed by atoms with Crippen LogP contribution in [0, 0.1) is 12.7 Å². The number of fused-ring (bicyclic) bond motifs is 1. The molecule has 2 aliphatic heterocycles. The molecular weight excluding hydrogens is 403 g/mol. The highest BCUT2D eigenvalue weighted by Crippen LogP contribution is 2.22. The maximum absolute atomic E-state index is 13.2. The molecule has 2 saturated heterocycles. The molecule has 0 radical (unpaired) electrons. The van der Waals surface area contributed by atoms with Crippen molar-refractivity contribution in [3.05, 3.63) is 52.7 Å². The molecule has 1 aromatic heterocycles. The molecule has 2 aromatic rings. The monoisotopic (exact) mass is 430 g/mol. The van der Waals surface area contributed by atoms with E-state index in [9.17, 15) is 14.0 Å². The van der Waals surface area contributed by atoms with E-state index in [1.54, 1.807) is 31.1 Å². The van der Waals surface area contributed by atoms with Crippen LogP contribution in [0.25, 0.3) is 0 Å². The van der Waals surface area contributed by atoms with Crippen molar-refractivity contribution in [2.45, 2.75) is 32.5 Å². The van der Waals surface area contributed by atoms with Gasteiger partial charge in [0.2, 0.25) is 5.91 Å². The second-order valence-corrected chi connectivity index (χ2v) is 8.02. The second-order valence-electron chi connectivity index (χ2n) is 8.02. The molecule has 166 valence electrons. The van der Waals surface area contributed by atoms with Gasteiger partial charge >= 0.3 is 0 Å². The molecule has 1 atom stereocenters. The Labute approximate surface area is 180 Å². The van der Waals surface area contributed by atoms with E-state index in [1.165, 1.54) is 12.1 Å². The lowest BCUT2D eigenvalue weighted by Gasteiger charge is -2.39. The van der Waals surface area contributed by atoms with E-state index in [4.69, 9.17) is 9.26 Å². The largest absolute Gasteiger partial charge is 0.380 e. The Bertz CT molecular complexity index is 945. The Morgan fingerprint density at radius 1 is 1.19 bits per heavy atom. The van der Waals surface area contributed by atoms with Crippen molar-refractivity contribution in [2.75, 3.05) is 39.8 Å². The minimum absolute atomic E-state index is 0.0576. The van der Waals surface area contributed by atoms with E-state index in [0.29, 0.717) is 50.5 Å². The molecule has 2 amide bonds. The maximum Gasteiger partial charge on any atom is 0.276 e. The fourth-order valence-electron chi connectivity index (χ4n) is 4.29. The molecule has 0 N–H and O–H groups in total. The number of rotatable bonds is 5. The molecular formula is C22H27FN4O4. The van der Waals surface area contributed by atoms with Crippen molar-refractivity contribution < 1.29 is 23.2 Å². The van der Waals surface area contributed by atoms with Crippen molar-refractivity contribution >= 4 is 11.8 Å². The average molecular weight is 430 g/mol. The number of ether oxygens (including phenoxy) is 1. The van der Waals surface area contributed by atoms with Gasteiger partial charge in [0.05, 0.1) is 18.2 Å². The molecule has 31 heavy (non-hydrogen) atoms. The number of methoxy groups -OCH3 is 1. The van der Waals surface area contributed by atoms with Gasteiger partial charge in [-0.05, 0) is 31.0 Å². The number of aromatic nitrogens is 1. The van der Waals surface area contributed by atoms with Crippen molar-refractivity contribution in [3.63, 3.8) is 0 Å². The molecule has 0 bridgehead atoms. The Balaban J connectivity index is 1.43. The van der Waals surface area contributed by atoms with Gasteiger partial charge in [-0.3, -0.25) is 14.5 Å². The van der Waals surface area contributed by atoms with Crippen molar-refractivity contribution in [2.24, 2.45) is 0 Å². The van der Waals surface area contributed by atoms with Gasteiger partial charge in [-0.1, -0.05) is 17.3 Å². The summed E-state index contributed by atoms with van der Waals surface area (Å²) in [5.41, 5.74) is 1.85. The Hall–Kier alpha value is -2.78. The third-order valence-electron chi connectivity index (χ3n) is 6.07. The van der Waals surface area contributed by atoms with Crippen LogP contribution in [0.5, 0.6) is 0 Å². The zero-order valence-corrected chi connectivity index (χ0v) is 17.8. The van der Waals surface area contributed by atoms with Crippen LogP contribution in [0.4, 0.5) is 4.39 Å². The minimum atomic E-state index is -0.288. The van der Waals surface area contributed by atoms with Gasteiger partial charge in [-0.2, -0.15) is 0 Å². The quantitative estimate of drug-likeness (QED) is 0.720. The molecule has 9 heteroatoms. The van der Waals surface area contributed by atoms with Crippen LogP contribution < -0.4 is 0 Å². The first kappa shape index (κ1) is 21.5. The van der Waals surface area contributed by atoms with Crippen molar-refractivity contribution in [1.82, 2.24) is 19.9 Å². The zero-order chi connectivity index (χ0) is 22.0. The normalized spacial score (nSPS) is 20.0. The predicted molar refractivity (Wildman–Crippen MR) is 110 cm³/mol. The summed E-state index contributed by atoms with van der Waals surface area (Å²) in [5.74, 6) is 0.148. The molecule has 0 unspecified atom stereocenters. The molecule has 4 rings (SSSR count). The fraction of sp³-hybridized carbons (Fsp3) is 0.500. The van der Waals surface area contributed by atoms with Crippen LogP contribution in [-0.2, 0) is 22.7 Å².